The second-order valence-corrected chi connectivity index (χ2v) is 2.90. The van der Waals surface area contributed by atoms with Crippen molar-refractivity contribution in [1.82, 2.24) is 4.98 Å². The molecule has 0 fully saturated rings. The molecule has 2 aromatic rings. The minimum absolute atomic E-state index is 0.107. The van der Waals surface area contributed by atoms with E-state index in [1.165, 1.54) is 0 Å². The van der Waals surface area contributed by atoms with E-state index in [1.54, 1.807) is 12.3 Å². The average molecular weight is 187 g/mol. The van der Waals surface area contributed by atoms with Gasteiger partial charge in [0.25, 0.3) is 0 Å². The summed E-state index contributed by atoms with van der Waals surface area (Å²) in [7, 11) is 0. The molecule has 14 heavy (non-hydrogen) atoms. The van der Waals surface area contributed by atoms with Crippen LogP contribution in [0.15, 0.2) is 41.7 Å². The van der Waals surface area contributed by atoms with Crippen molar-refractivity contribution in [2.75, 3.05) is 0 Å². The zero-order chi connectivity index (χ0) is 9.97. The third-order valence-electron chi connectivity index (χ3n) is 2.01. The first-order chi connectivity index (χ1) is 6.81. The number of benzene rings is 1. The Morgan fingerprint density at radius 2 is 2.21 bits per heavy atom. The molecule has 0 amide bonds. The predicted octanol–water partition coefficient (Wildman–Crippen LogP) is 1.33. The van der Waals surface area contributed by atoms with Crippen LogP contribution in [0, 0.1) is 0 Å². The lowest BCUT2D eigenvalue weighted by molar-refractivity contribution is 0.318. The van der Waals surface area contributed by atoms with E-state index in [0.29, 0.717) is 5.56 Å². The Balaban J connectivity index is 2.62. The highest BCUT2D eigenvalue weighted by Crippen LogP contribution is 2.12. The van der Waals surface area contributed by atoms with Crippen molar-refractivity contribution in [3.05, 3.63) is 42.1 Å². The number of hydrogen-bond acceptors (Lipinski definition) is 3. The minimum atomic E-state index is 0.107. The van der Waals surface area contributed by atoms with E-state index in [4.69, 9.17) is 10.9 Å². The third-order valence-corrected chi connectivity index (χ3v) is 2.01. The largest absolute Gasteiger partial charge is 0.409 e. The van der Waals surface area contributed by atoms with Gasteiger partial charge in [0.2, 0.25) is 0 Å². The highest BCUT2D eigenvalue weighted by molar-refractivity contribution is 6.00. The van der Waals surface area contributed by atoms with Crippen LogP contribution < -0.4 is 5.73 Å². The number of hydrogen-bond donors (Lipinski definition) is 2. The van der Waals surface area contributed by atoms with Gasteiger partial charge in [-0.15, -0.1) is 0 Å². The highest BCUT2D eigenvalue weighted by atomic mass is 16.4. The minimum Gasteiger partial charge on any atom is -0.409 e. The number of rotatable bonds is 1. The fourth-order valence-corrected chi connectivity index (χ4v) is 1.29. The Morgan fingerprint density at radius 1 is 1.36 bits per heavy atom. The van der Waals surface area contributed by atoms with Crippen LogP contribution in [0.25, 0.3) is 10.9 Å². The second kappa shape index (κ2) is 3.33. The van der Waals surface area contributed by atoms with Crippen molar-refractivity contribution < 1.29 is 5.21 Å². The maximum absolute atomic E-state index is 8.51. The monoisotopic (exact) mass is 187 g/mol. The molecule has 0 aliphatic rings. The van der Waals surface area contributed by atoms with Crippen molar-refractivity contribution in [1.29, 1.82) is 0 Å². The van der Waals surface area contributed by atoms with E-state index in [2.05, 4.69) is 10.1 Å². The molecule has 0 unspecified atom stereocenters. The summed E-state index contributed by atoms with van der Waals surface area (Å²) in [6.07, 6.45) is 1.73. The Kier molecular flexibility index (Phi) is 2.02. The van der Waals surface area contributed by atoms with Crippen molar-refractivity contribution >= 4 is 16.7 Å². The smallest absolute Gasteiger partial charge is 0.170 e. The number of fused-ring (bicyclic) bond motifs is 1. The first-order valence-electron chi connectivity index (χ1n) is 4.14. The van der Waals surface area contributed by atoms with Crippen LogP contribution in [-0.4, -0.2) is 16.0 Å². The summed E-state index contributed by atoms with van der Waals surface area (Å²) in [5.41, 5.74) is 7.04. The Hall–Kier alpha value is -2.10. The summed E-state index contributed by atoms with van der Waals surface area (Å²) in [4.78, 5) is 4.16. The van der Waals surface area contributed by atoms with Gasteiger partial charge in [0.15, 0.2) is 5.84 Å². The molecule has 0 aliphatic carbocycles. The molecule has 4 heteroatoms. The Labute approximate surface area is 80.7 Å². The fraction of sp³-hybridized carbons (Fsp3) is 0. The Morgan fingerprint density at radius 3 is 3.00 bits per heavy atom. The van der Waals surface area contributed by atoms with Crippen LogP contribution in [0.3, 0.4) is 0 Å². The maximum atomic E-state index is 8.51. The first kappa shape index (κ1) is 8.50. The zero-order valence-corrected chi connectivity index (χ0v) is 7.38. The number of pyridine rings is 1. The molecule has 2 rings (SSSR count). The molecule has 0 spiro atoms. The van der Waals surface area contributed by atoms with Gasteiger partial charge in [0, 0.05) is 17.1 Å². The summed E-state index contributed by atoms with van der Waals surface area (Å²) in [5.74, 6) is 0.107. The number of amidine groups is 1. The quantitative estimate of drug-likeness (QED) is 0.306. The van der Waals surface area contributed by atoms with Crippen molar-refractivity contribution in [3.63, 3.8) is 0 Å². The third kappa shape index (κ3) is 1.37. The van der Waals surface area contributed by atoms with Gasteiger partial charge < -0.3 is 10.9 Å². The van der Waals surface area contributed by atoms with Gasteiger partial charge in [-0.2, -0.15) is 0 Å². The first-order valence-corrected chi connectivity index (χ1v) is 4.14. The normalized spacial score (nSPS) is 11.9. The summed E-state index contributed by atoms with van der Waals surface area (Å²) < 4.78 is 0. The molecule has 0 atom stereocenters. The van der Waals surface area contributed by atoms with E-state index < -0.39 is 0 Å². The molecule has 0 saturated carbocycles. The van der Waals surface area contributed by atoms with Crippen LogP contribution >= 0.6 is 0 Å². The lowest BCUT2D eigenvalue weighted by atomic mass is 10.1. The summed E-state index contributed by atoms with van der Waals surface area (Å²) in [5, 5.41) is 12.4. The molecular formula is C10H9N3O. The van der Waals surface area contributed by atoms with Crippen molar-refractivity contribution in [3.8, 4) is 0 Å². The number of nitrogens with two attached hydrogens (primary N) is 1. The predicted molar refractivity (Wildman–Crippen MR) is 54.3 cm³/mol. The fourth-order valence-electron chi connectivity index (χ4n) is 1.29. The van der Waals surface area contributed by atoms with Crippen molar-refractivity contribution in [2.24, 2.45) is 10.9 Å². The van der Waals surface area contributed by atoms with Gasteiger partial charge in [0.1, 0.15) is 0 Å². The van der Waals surface area contributed by atoms with Gasteiger partial charge in [-0.05, 0) is 24.3 Å². The Bertz CT molecular complexity index is 493. The van der Waals surface area contributed by atoms with Crippen LogP contribution in [-0.2, 0) is 0 Å². The van der Waals surface area contributed by atoms with E-state index in [9.17, 15) is 0 Å². The average Bonchev–Trinajstić information content (AvgIpc) is 2.27. The lowest BCUT2D eigenvalue weighted by Crippen LogP contribution is -2.12. The van der Waals surface area contributed by atoms with Gasteiger partial charge in [-0.1, -0.05) is 11.2 Å². The summed E-state index contributed by atoms with van der Waals surface area (Å²) in [6.45, 7) is 0. The molecule has 1 heterocycles. The standard InChI is InChI=1S/C10H9N3O/c11-10(13-14)8-3-4-9-7(6-8)2-1-5-12-9/h1-6,14H,(H2,11,13). The van der Waals surface area contributed by atoms with Gasteiger partial charge in [-0.3, -0.25) is 4.98 Å². The van der Waals surface area contributed by atoms with E-state index in [-0.39, 0.29) is 5.84 Å². The summed E-state index contributed by atoms with van der Waals surface area (Å²) >= 11 is 0. The second-order valence-electron chi connectivity index (χ2n) is 2.90. The van der Waals surface area contributed by atoms with Gasteiger partial charge in [-0.25, -0.2) is 0 Å². The van der Waals surface area contributed by atoms with E-state index in [1.807, 2.05) is 24.3 Å². The molecule has 1 aromatic carbocycles. The molecule has 3 N–H and O–H groups in total. The number of nitrogens with zero attached hydrogens (tertiary/aromatic N) is 2. The van der Waals surface area contributed by atoms with Crippen LogP contribution in [0.1, 0.15) is 5.56 Å². The molecule has 70 valence electrons. The molecule has 4 nitrogen and oxygen atoms in total. The van der Waals surface area contributed by atoms with Crippen LogP contribution in [0.2, 0.25) is 0 Å². The molecule has 1 aromatic heterocycles. The maximum Gasteiger partial charge on any atom is 0.170 e. The molecule has 0 saturated heterocycles. The zero-order valence-electron chi connectivity index (χ0n) is 7.38. The van der Waals surface area contributed by atoms with Crippen molar-refractivity contribution in [2.45, 2.75) is 0 Å². The SMILES string of the molecule is N/C(=N\O)c1ccc2ncccc2c1. The number of oxime groups is 1. The van der Waals surface area contributed by atoms with Gasteiger partial charge in [0.05, 0.1) is 5.52 Å². The molecule has 0 aliphatic heterocycles. The number of aromatic nitrogens is 1. The molecule has 0 bridgehead atoms. The lowest BCUT2D eigenvalue weighted by Gasteiger charge is -2.00. The highest BCUT2D eigenvalue weighted by Gasteiger charge is 2.00. The van der Waals surface area contributed by atoms with Gasteiger partial charge >= 0.3 is 0 Å². The molecule has 0 radical (unpaired) electrons. The van der Waals surface area contributed by atoms with Crippen LogP contribution in [0.4, 0.5) is 0 Å². The van der Waals surface area contributed by atoms with E-state index in [0.717, 1.165) is 10.9 Å². The topological polar surface area (TPSA) is 71.5 Å². The summed E-state index contributed by atoms with van der Waals surface area (Å²) in [6, 6.07) is 9.21. The molecular weight excluding hydrogens is 178 g/mol. The van der Waals surface area contributed by atoms with Crippen LogP contribution in [0.5, 0.6) is 0 Å². The van der Waals surface area contributed by atoms with E-state index >= 15 is 0 Å².